The third-order valence-corrected chi connectivity index (χ3v) is 5.28. The molecule has 0 saturated heterocycles. The normalized spacial score (nSPS) is 11.2. The zero-order valence-electron chi connectivity index (χ0n) is 14.4. The van der Waals surface area contributed by atoms with Crippen molar-refractivity contribution in [2.45, 2.75) is 6.61 Å². The van der Waals surface area contributed by atoms with Gasteiger partial charge in [0.25, 0.3) is 0 Å². The van der Waals surface area contributed by atoms with Crippen LogP contribution < -0.4 is 4.74 Å². The lowest BCUT2D eigenvalue weighted by Gasteiger charge is -2.08. The van der Waals surface area contributed by atoms with Gasteiger partial charge in [0.1, 0.15) is 12.4 Å². The van der Waals surface area contributed by atoms with Crippen LogP contribution in [0.2, 0.25) is 20.1 Å². The highest BCUT2D eigenvalue weighted by atomic mass is 35.5. The predicted molar refractivity (Wildman–Crippen MR) is 117 cm³/mol. The molecule has 0 unspecified atom stereocenters. The van der Waals surface area contributed by atoms with Crippen LogP contribution in [0.15, 0.2) is 60.7 Å². The molecule has 0 aliphatic rings. The number of halogens is 4. The van der Waals surface area contributed by atoms with Crippen LogP contribution in [0.25, 0.3) is 11.6 Å². The van der Waals surface area contributed by atoms with E-state index in [-0.39, 0.29) is 0 Å². The van der Waals surface area contributed by atoms with E-state index in [2.05, 4.69) is 6.07 Å². The zero-order chi connectivity index (χ0) is 20.1. The first-order valence-electron chi connectivity index (χ1n) is 8.20. The summed E-state index contributed by atoms with van der Waals surface area (Å²) in [5.41, 5.74) is 2.90. The lowest BCUT2D eigenvalue weighted by molar-refractivity contribution is 0.306. The van der Waals surface area contributed by atoms with Crippen LogP contribution in [0, 0.1) is 11.3 Å². The fourth-order valence-electron chi connectivity index (χ4n) is 2.47. The van der Waals surface area contributed by atoms with Gasteiger partial charge in [0, 0.05) is 15.6 Å². The third kappa shape index (κ3) is 5.22. The molecule has 0 bridgehead atoms. The molecule has 0 fully saturated rings. The maximum Gasteiger partial charge on any atom is 0.119 e. The second-order valence-electron chi connectivity index (χ2n) is 5.89. The Labute approximate surface area is 183 Å². The average Bonchev–Trinajstić information content (AvgIpc) is 2.68. The molecular weight excluding hydrogens is 436 g/mol. The number of rotatable bonds is 5. The first-order valence-corrected chi connectivity index (χ1v) is 9.71. The molecule has 2 nitrogen and oxygen atoms in total. The summed E-state index contributed by atoms with van der Waals surface area (Å²) in [5.74, 6) is 0.691. The van der Waals surface area contributed by atoms with Gasteiger partial charge in [0.05, 0.1) is 21.7 Å². The van der Waals surface area contributed by atoms with E-state index in [4.69, 9.17) is 51.1 Å². The van der Waals surface area contributed by atoms with Crippen molar-refractivity contribution in [2.24, 2.45) is 0 Å². The Hall–Kier alpha value is -2.15. The Kier molecular flexibility index (Phi) is 6.88. The predicted octanol–water partition coefficient (Wildman–Crippen LogP) is 7.94. The van der Waals surface area contributed by atoms with Gasteiger partial charge in [0.2, 0.25) is 0 Å². The number of ether oxygens (including phenoxy) is 1. The van der Waals surface area contributed by atoms with Gasteiger partial charge in [-0.1, -0.05) is 70.7 Å². The largest absolute Gasteiger partial charge is 0.489 e. The van der Waals surface area contributed by atoms with Crippen LogP contribution in [0.5, 0.6) is 5.75 Å². The highest BCUT2D eigenvalue weighted by Crippen LogP contribution is 2.28. The minimum atomic E-state index is 0.331. The monoisotopic (exact) mass is 447 g/mol. The van der Waals surface area contributed by atoms with Gasteiger partial charge in [-0.15, -0.1) is 0 Å². The quantitative estimate of drug-likeness (QED) is 0.293. The minimum absolute atomic E-state index is 0.331. The van der Waals surface area contributed by atoms with E-state index < -0.39 is 0 Å². The van der Waals surface area contributed by atoms with E-state index in [1.165, 1.54) is 0 Å². The summed E-state index contributed by atoms with van der Waals surface area (Å²) < 4.78 is 5.77. The van der Waals surface area contributed by atoms with E-state index >= 15 is 0 Å². The summed E-state index contributed by atoms with van der Waals surface area (Å²) in [6, 6.07) is 20.0. The van der Waals surface area contributed by atoms with Crippen LogP contribution in [0.1, 0.15) is 16.7 Å². The lowest BCUT2D eigenvalue weighted by atomic mass is 10.0. The van der Waals surface area contributed by atoms with E-state index in [1.54, 1.807) is 36.4 Å². The van der Waals surface area contributed by atoms with Gasteiger partial charge in [-0.05, 0) is 53.6 Å². The van der Waals surface area contributed by atoms with Crippen molar-refractivity contribution in [1.82, 2.24) is 0 Å². The molecule has 0 amide bonds. The Balaban J connectivity index is 1.73. The van der Waals surface area contributed by atoms with Crippen molar-refractivity contribution < 1.29 is 4.74 Å². The molecule has 0 N–H and O–H groups in total. The fraction of sp³-hybridized carbons (Fsp3) is 0.0455. The van der Waals surface area contributed by atoms with Gasteiger partial charge in [0.15, 0.2) is 0 Å². The Morgan fingerprint density at radius 3 is 2.25 bits per heavy atom. The van der Waals surface area contributed by atoms with Crippen LogP contribution in [0.4, 0.5) is 0 Å². The van der Waals surface area contributed by atoms with Crippen LogP contribution in [0.3, 0.4) is 0 Å². The molecule has 0 radical (unpaired) electrons. The Morgan fingerprint density at radius 1 is 0.857 bits per heavy atom. The number of benzene rings is 3. The van der Waals surface area contributed by atoms with Crippen LogP contribution >= 0.6 is 46.4 Å². The summed E-state index contributed by atoms with van der Waals surface area (Å²) in [5, 5.41) is 11.5. The Morgan fingerprint density at radius 2 is 1.61 bits per heavy atom. The minimum Gasteiger partial charge on any atom is -0.489 e. The van der Waals surface area contributed by atoms with Gasteiger partial charge in [-0.2, -0.15) is 5.26 Å². The SMILES string of the molecule is N#C/C(=C/c1ccc(OCc2ccc(Cl)cc2Cl)cc1)c1ccc(Cl)c(Cl)c1. The van der Waals surface area contributed by atoms with Gasteiger partial charge < -0.3 is 4.74 Å². The number of hydrogen-bond donors (Lipinski definition) is 0. The van der Waals surface area contributed by atoms with E-state index in [0.29, 0.717) is 43.6 Å². The highest BCUT2D eigenvalue weighted by Gasteiger charge is 2.06. The standard InChI is InChI=1S/C22H13Cl4NO/c23-18-5-3-16(21(25)11-18)13-28-19-6-1-14(2-7-19)9-17(12-27)15-4-8-20(24)22(26)10-15/h1-11H,13H2/b17-9-. The maximum atomic E-state index is 9.47. The first-order chi connectivity index (χ1) is 13.5. The molecule has 0 spiro atoms. The van der Waals surface area contributed by atoms with Crippen LogP contribution in [-0.4, -0.2) is 0 Å². The number of allylic oxidation sites excluding steroid dienone is 1. The second kappa shape index (κ2) is 9.37. The molecule has 140 valence electrons. The van der Waals surface area contributed by atoms with Crippen molar-refractivity contribution in [1.29, 1.82) is 5.26 Å². The molecule has 0 atom stereocenters. The third-order valence-electron chi connectivity index (χ3n) is 3.95. The molecule has 0 heterocycles. The maximum absolute atomic E-state index is 9.47. The summed E-state index contributed by atoms with van der Waals surface area (Å²) in [7, 11) is 0. The molecule has 0 aliphatic heterocycles. The van der Waals surface area contributed by atoms with Gasteiger partial charge in [-0.3, -0.25) is 0 Å². The van der Waals surface area contributed by atoms with Crippen molar-refractivity contribution in [3.8, 4) is 11.8 Å². The summed E-state index contributed by atoms with van der Waals surface area (Å²) >= 11 is 24.0. The molecule has 0 aliphatic carbocycles. The second-order valence-corrected chi connectivity index (χ2v) is 7.55. The van der Waals surface area contributed by atoms with Gasteiger partial charge >= 0.3 is 0 Å². The number of nitriles is 1. The number of nitrogens with zero attached hydrogens (tertiary/aromatic N) is 1. The molecule has 28 heavy (non-hydrogen) atoms. The van der Waals surface area contributed by atoms with E-state index in [0.717, 1.165) is 11.1 Å². The summed E-state index contributed by atoms with van der Waals surface area (Å²) in [6.07, 6.45) is 1.78. The Bertz CT molecular complexity index is 1070. The zero-order valence-corrected chi connectivity index (χ0v) is 17.4. The van der Waals surface area contributed by atoms with Crippen molar-refractivity contribution >= 4 is 58.1 Å². The van der Waals surface area contributed by atoms with E-state index in [9.17, 15) is 5.26 Å². The molecule has 0 aromatic heterocycles. The van der Waals surface area contributed by atoms with Crippen molar-refractivity contribution in [3.05, 3.63) is 97.4 Å². The molecule has 3 aromatic rings. The average molecular weight is 449 g/mol. The molecule has 6 heteroatoms. The van der Waals surface area contributed by atoms with Gasteiger partial charge in [-0.25, -0.2) is 0 Å². The molecule has 3 aromatic carbocycles. The molecular formula is C22H13Cl4NO. The number of hydrogen-bond acceptors (Lipinski definition) is 2. The summed E-state index contributed by atoms with van der Waals surface area (Å²) in [4.78, 5) is 0. The first kappa shape index (κ1) is 20.6. The van der Waals surface area contributed by atoms with Crippen molar-refractivity contribution in [2.75, 3.05) is 0 Å². The summed E-state index contributed by atoms with van der Waals surface area (Å²) in [6.45, 7) is 0.331. The van der Waals surface area contributed by atoms with Crippen LogP contribution in [-0.2, 0) is 6.61 Å². The topological polar surface area (TPSA) is 33.0 Å². The molecule has 0 saturated carbocycles. The highest BCUT2D eigenvalue weighted by molar-refractivity contribution is 6.42. The smallest absolute Gasteiger partial charge is 0.119 e. The van der Waals surface area contributed by atoms with E-state index in [1.807, 2.05) is 30.3 Å². The lowest BCUT2D eigenvalue weighted by Crippen LogP contribution is -1.96. The van der Waals surface area contributed by atoms with Crippen molar-refractivity contribution in [3.63, 3.8) is 0 Å². The molecule has 3 rings (SSSR count). The fourth-order valence-corrected chi connectivity index (χ4v) is 3.23.